The van der Waals surface area contributed by atoms with Gasteiger partial charge in [-0.1, -0.05) is 0 Å². The van der Waals surface area contributed by atoms with Crippen LogP contribution in [-0.4, -0.2) is 16.1 Å². The lowest BCUT2D eigenvalue weighted by molar-refractivity contribution is -0.392. The molecule has 1 aromatic heterocycles. The van der Waals surface area contributed by atoms with Gasteiger partial charge in [-0.25, -0.2) is 0 Å². The predicted octanol–water partition coefficient (Wildman–Crippen LogP) is 2.88. The molecule has 1 heterocycles. The molecule has 0 saturated heterocycles. The van der Waals surface area contributed by atoms with E-state index in [0.717, 1.165) is 0 Å². The number of rotatable bonds is 4. The van der Waals surface area contributed by atoms with Crippen molar-refractivity contribution < 1.29 is 19.1 Å². The largest absolute Gasteiger partial charge is 0.453 e. The molecule has 0 aliphatic heterocycles. The van der Waals surface area contributed by atoms with E-state index in [1.54, 1.807) is 0 Å². The van der Waals surface area contributed by atoms with E-state index in [9.17, 15) is 25.0 Å². The molecular weight excluding hydrogens is 268 g/mol. The lowest BCUT2D eigenvalue weighted by Crippen LogP contribution is -1.98. The number of nitrogens with zero attached hydrogens (tertiary/aromatic N) is 2. The molecule has 0 saturated carbocycles. The van der Waals surface area contributed by atoms with Gasteiger partial charge in [-0.15, -0.1) is 0 Å². The summed E-state index contributed by atoms with van der Waals surface area (Å²) >= 11 is 0. The van der Waals surface area contributed by atoms with Gasteiger partial charge in [0.1, 0.15) is 5.76 Å². The summed E-state index contributed by atoms with van der Waals surface area (Å²) in [7, 11) is 0. The predicted molar refractivity (Wildman–Crippen MR) is 67.6 cm³/mol. The minimum absolute atomic E-state index is 0.0656. The summed E-state index contributed by atoms with van der Waals surface area (Å²) in [4.78, 5) is 31.3. The monoisotopic (exact) mass is 276 g/mol. The lowest BCUT2D eigenvalue weighted by Gasteiger charge is -2.03. The van der Waals surface area contributed by atoms with E-state index in [2.05, 4.69) is 0 Å². The maximum absolute atomic E-state index is 11.1. The molecule has 0 spiro atoms. The van der Waals surface area contributed by atoms with Gasteiger partial charge < -0.3 is 4.42 Å². The molecule has 0 fully saturated rings. The maximum atomic E-state index is 11.1. The van der Waals surface area contributed by atoms with Crippen LogP contribution >= 0.6 is 0 Å². The smallest absolute Gasteiger partial charge is 0.287 e. The third-order valence-electron chi connectivity index (χ3n) is 2.62. The minimum atomic E-state index is -0.724. The van der Waals surface area contributed by atoms with Crippen molar-refractivity contribution in [3.8, 4) is 11.3 Å². The number of aryl methyl sites for hydroxylation is 1. The van der Waals surface area contributed by atoms with Gasteiger partial charge >= 0.3 is 0 Å². The molecule has 0 radical (unpaired) electrons. The van der Waals surface area contributed by atoms with E-state index in [1.165, 1.54) is 31.2 Å². The first-order chi connectivity index (χ1) is 9.43. The van der Waals surface area contributed by atoms with Crippen LogP contribution in [0, 0.1) is 27.2 Å². The number of nitro groups is 2. The van der Waals surface area contributed by atoms with Crippen molar-refractivity contribution >= 4 is 17.7 Å². The van der Waals surface area contributed by atoms with E-state index in [-0.39, 0.29) is 17.1 Å². The Morgan fingerprint density at radius 3 is 2.05 bits per heavy atom. The van der Waals surface area contributed by atoms with Gasteiger partial charge in [-0.3, -0.25) is 25.0 Å². The molecular formula is C12H8N2O6. The summed E-state index contributed by atoms with van der Waals surface area (Å²) in [6.45, 7) is 1.52. The van der Waals surface area contributed by atoms with Crippen molar-refractivity contribution in [2.45, 2.75) is 6.92 Å². The molecule has 0 atom stereocenters. The zero-order chi connectivity index (χ0) is 14.9. The van der Waals surface area contributed by atoms with Gasteiger partial charge in [-0.05, 0) is 24.6 Å². The molecule has 0 unspecified atom stereocenters. The van der Waals surface area contributed by atoms with Crippen molar-refractivity contribution in [1.82, 2.24) is 0 Å². The van der Waals surface area contributed by atoms with Crippen LogP contribution in [0.25, 0.3) is 11.3 Å². The third-order valence-corrected chi connectivity index (χ3v) is 2.62. The highest BCUT2D eigenvalue weighted by Crippen LogP contribution is 2.39. The Morgan fingerprint density at radius 1 is 1.10 bits per heavy atom. The number of aldehydes is 1. The van der Waals surface area contributed by atoms with Crippen LogP contribution in [0.2, 0.25) is 0 Å². The Hall–Kier alpha value is -3.03. The number of carbonyl (C=O) groups excluding carboxylic acids is 1. The summed E-state index contributed by atoms with van der Waals surface area (Å²) in [5, 5.41) is 22.1. The highest BCUT2D eigenvalue weighted by Gasteiger charge is 2.29. The summed E-state index contributed by atoms with van der Waals surface area (Å²) in [5.41, 5.74) is -0.750. The van der Waals surface area contributed by atoms with E-state index >= 15 is 0 Å². The van der Waals surface area contributed by atoms with Crippen LogP contribution in [-0.2, 0) is 0 Å². The van der Waals surface area contributed by atoms with Crippen molar-refractivity contribution in [3.05, 3.63) is 55.8 Å². The van der Waals surface area contributed by atoms with Crippen LogP contribution in [0.15, 0.2) is 28.7 Å². The van der Waals surface area contributed by atoms with Crippen LogP contribution in [0.3, 0.4) is 0 Å². The fourth-order valence-electron chi connectivity index (χ4n) is 1.84. The number of nitro benzene ring substituents is 2. The van der Waals surface area contributed by atoms with Crippen molar-refractivity contribution in [3.63, 3.8) is 0 Å². The average molecular weight is 276 g/mol. The molecule has 20 heavy (non-hydrogen) atoms. The van der Waals surface area contributed by atoms with Crippen molar-refractivity contribution in [2.24, 2.45) is 0 Å². The second kappa shape index (κ2) is 4.92. The summed E-state index contributed by atoms with van der Waals surface area (Å²) in [6, 6.07) is 5.00. The molecule has 8 heteroatoms. The summed E-state index contributed by atoms with van der Waals surface area (Å²) in [5.74, 6) is -0.158. The molecule has 1 aromatic carbocycles. The highest BCUT2D eigenvalue weighted by molar-refractivity contribution is 5.81. The quantitative estimate of drug-likeness (QED) is 0.481. The van der Waals surface area contributed by atoms with Gasteiger partial charge in [0, 0.05) is 12.1 Å². The summed E-state index contributed by atoms with van der Waals surface area (Å²) in [6.07, 6.45) is 0.412. The van der Waals surface area contributed by atoms with Gasteiger partial charge in [-0.2, -0.15) is 0 Å². The van der Waals surface area contributed by atoms with E-state index in [0.29, 0.717) is 11.8 Å². The van der Waals surface area contributed by atoms with Crippen molar-refractivity contribution in [1.29, 1.82) is 0 Å². The molecule has 0 bridgehead atoms. The van der Waals surface area contributed by atoms with Crippen molar-refractivity contribution in [2.75, 3.05) is 0 Å². The van der Waals surface area contributed by atoms with Gasteiger partial charge in [0.25, 0.3) is 11.4 Å². The second-order valence-corrected chi connectivity index (χ2v) is 4.01. The van der Waals surface area contributed by atoms with Gasteiger partial charge in [0.2, 0.25) is 0 Å². The number of hydrogen-bond donors (Lipinski definition) is 0. The Bertz CT molecular complexity index is 683. The molecule has 0 aliphatic carbocycles. The van der Waals surface area contributed by atoms with Gasteiger partial charge in [0.05, 0.1) is 9.85 Å². The third kappa shape index (κ3) is 2.26. The number of furan rings is 1. The zero-order valence-electron chi connectivity index (χ0n) is 10.2. The first kappa shape index (κ1) is 13.4. The fourth-order valence-corrected chi connectivity index (χ4v) is 1.84. The van der Waals surface area contributed by atoms with Crippen LogP contribution in [0.4, 0.5) is 11.4 Å². The molecule has 102 valence electrons. The molecule has 0 amide bonds. The summed E-state index contributed by atoms with van der Waals surface area (Å²) < 4.78 is 5.06. The second-order valence-electron chi connectivity index (χ2n) is 4.01. The zero-order valence-corrected chi connectivity index (χ0v) is 10.2. The number of carbonyl (C=O) groups is 1. The average Bonchev–Trinajstić information content (AvgIpc) is 2.85. The normalized spacial score (nSPS) is 10.2. The highest BCUT2D eigenvalue weighted by atomic mass is 16.6. The van der Waals surface area contributed by atoms with Crippen LogP contribution in [0.5, 0.6) is 0 Å². The maximum Gasteiger partial charge on any atom is 0.287 e. The Kier molecular flexibility index (Phi) is 3.30. The minimum Gasteiger partial charge on any atom is -0.453 e. The molecule has 8 nitrogen and oxygen atoms in total. The van der Waals surface area contributed by atoms with E-state index < -0.39 is 21.2 Å². The van der Waals surface area contributed by atoms with E-state index in [1.807, 2.05) is 0 Å². The number of benzene rings is 1. The topological polar surface area (TPSA) is 116 Å². The molecule has 2 rings (SSSR count). The first-order valence-electron chi connectivity index (χ1n) is 5.43. The standard InChI is InChI=1S/C12H8N2O6/c1-7-4-9(13(16)17)12(10(5-7)14(18)19)11-3-2-8(6-15)20-11/h2-6H,1H3. The molecule has 0 aliphatic rings. The fraction of sp³-hybridized carbons (Fsp3) is 0.0833. The Morgan fingerprint density at radius 2 is 1.65 bits per heavy atom. The molecule has 2 aromatic rings. The van der Waals surface area contributed by atoms with Gasteiger partial charge in [0.15, 0.2) is 17.6 Å². The van der Waals surface area contributed by atoms with Crippen LogP contribution < -0.4 is 0 Å². The lowest BCUT2D eigenvalue weighted by atomic mass is 10.1. The Labute approximate surface area is 111 Å². The molecule has 0 N–H and O–H groups in total. The Balaban J connectivity index is 2.79. The number of hydrogen-bond acceptors (Lipinski definition) is 6. The SMILES string of the molecule is Cc1cc([N+](=O)[O-])c(-c2ccc(C=O)o2)c([N+](=O)[O-])c1. The van der Waals surface area contributed by atoms with Crippen LogP contribution in [0.1, 0.15) is 16.1 Å². The first-order valence-corrected chi connectivity index (χ1v) is 5.43. The van der Waals surface area contributed by atoms with E-state index in [4.69, 9.17) is 4.42 Å².